The second-order valence-corrected chi connectivity index (χ2v) is 6.34. The van der Waals surface area contributed by atoms with Crippen molar-refractivity contribution in [2.45, 2.75) is 6.92 Å². The largest absolute Gasteiger partial charge is 0.455 e. The molecule has 4 rings (SSSR count). The third-order valence-electron chi connectivity index (χ3n) is 3.76. The van der Waals surface area contributed by atoms with E-state index >= 15 is 0 Å². The Labute approximate surface area is 148 Å². The number of hydrogen-bond donors (Lipinski definition) is 1. The molecule has 25 heavy (non-hydrogen) atoms. The number of nitrogens with zero attached hydrogens (tertiary/aromatic N) is 2. The van der Waals surface area contributed by atoms with Crippen LogP contribution < -0.4 is 10.1 Å². The van der Waals surface area contributed by atoms with Gasteiger partial charge in [0.05, 0.1) is 11.4 Å². The van der Waals surface area contributed by atoms with Crippen LogP contribution in [0.25, 0.3) is 4.96 Å². The number of carbonyl (C=O) groups excluding carboxylic acids is 1. The zero-order valence-corrected chi connectivity index (χ0v) is 14.3. The van der Waals surface area contributed by atoms with Gasteiger partial charge in [0.15, 0.2) is 10.7 Å². The van der Waals surface area contributed by atoms with Gasteiger partial charge < -0.3 is 10.1 Å². The molecule has 2 heterocycles. The molecular formula is C19H15N3O2S. The number of hydrogen-bond acceptors (Lipinski definition) is 4. The number of para-hydroxylation sites is 3. The summed E-state index contributed by atoms with van der Waals surface area (Å²) in [6.45, 7) is 1.83. The van der Waals surface area contributed by atoms with Crippen molar-refractivity contribution in [1.82, 2.24) is 9.38 Å². The quantitative estimate of drug-likeness (QED) is 0.578. The molecule has 0 spiro atoms. The lowest BCUT2D eigenvalue weighted by Crippen LogP contribution is -2.15. The minimum absolute atomic E-state index is 0.215. The van der Waals surface area contributed by atoms with Crippen LogP contribution in [0, 0.1) is 6.92 Å². The predicted molar refractivity (Wildman–Crippen MR) is 98.7 cm³/mol. The van der Waals surface area contributed by atoms with Crippen LogP contribution in [-0.4, -0.2) is 15.3 Å². The Morgan fingerprint density at radius 3 is 2.72 bits per heavy atom. The number of aryl methyl sites for hydroxylation is 1. The molecule has 6 heteroatoms. The van der Waals surface area contributed by atoms with Crippen LogP contribution in [0.2, 0.25) is 0 Å². The highest BCUT2D eigenvalue weighted by Crippen LogP contribution is 2.30. The molecule has 0 saturated carbocycles. The van der Waals surface area contributed by atoms with E-state index in [1.165, 1.54) is 11.3 Å². The van der Waals surface area contributed by atoms with Gasteiger partial charge in [-0.3, -0.25) is 9.20 Å². The standard InChI is InChI=1S/C19H15N3O2S/c1-13-17(22-11-12-25-19(22)20-13)18(23)21-15-9-5-6-10-16(15)24-14-7-3-2-4-8-14/h2-12H,1H3,(H,21,23). The van der Waals surface area contributed by atoms with Crippen LogP contribution >= 0.6 is 11.3 Å². The molecule has 0 aliphatic carbocycles. The summed E-state index contributed by atoms with van der Waals surface area (Å²) in [5, 5.41) is 4.84. The lowest BCUT2D eigenvalue weighted by Gasteiger charge is -2.12. The average Bonchev–Trinajstić information content (AvgIpc) is 3.17. The molecule has 5 nitrogen and oxygen atoms in total. The van der Waals surface area contributed by atoms with E-state index in [0.29, 0.717) is 28.6 Å². The monoisotopic (exact) mass is 349 g/mol. The van der Waals surface area contributed by atoms with Crippen molar-refractivity contribution in [2.75, 3.05) is 5.32 Å². The van der Waals surface area contributed by atoms with E-state index in [-0.39, 0.29) is 5.91 Å². The zero-order valence-electron chi connectivity index (χ0n) is 13.5. The summed E-state index contributed by atoms with van der Waals surface area (Å²) in [4.78, 5) is 18.0. The number of aromatic nitrogens is 2. The second kappa shape index (κ2) is 6.41. The van der Waals surface area contributed by atoms with Crippen LogP contribution in [0.4, 0.5) is 5.69 Å². The van der Waals surface area contributed by atoms with Crippen molar-refractivity contribution in [1.29, 1.82) is 0 Å². The number of ether oxygens (including phenoxy) is 1. The maximum absolute atomic E-state index is 12.8. The maximum atomic E-state index is 12.8. The van der Waals surface area contributed by atoms with Crippen molar-refractivity contribution < 1.29 is 9.53 Å². The molecule has 0 radical (unpaired) electrons. The zero-order chi connectivity index (χ0) is 17.2. The van der Waals surface area contributed by atoms with Gasteiger partial charge in [0.25, 0.3) is 5.91 Å². The van der Waals surface area contributed by atoms with Gasteiger partial charge in [0.1, 0.15) is 11.4 Å². The summed E-state index contributed by atoms with van der Waals surface area (Å²) in [6, 6.07) is 16.8. The molecule has 2 aromatic carbocycles. The molecule has 0 unspecified atom stereocenters. The van der Waals surface area contributed by atoms with Crippen LogP contribution in [0.1, 0.15) is 16.2 Å². The van der Waals surface area contributed by atoms with E-state index in [9.17, 15) is 4.79 Å². The Balaban J connectivity index is 1.64. The van der Waals surface area contributed by atoms with Crippen LogP contribution in [0.5, 0.6) is 11.5 Å². The van der Waals surface area contributed by atoms with Gasteiger partial charge in [-0.25, -0.2) is 4.98 Å². The van der Waals surface area contributed by atoms with Crippen molar-refractivity contribution >= 4 is 27.9 Å². The fourth-order valence-corrected chi connectivity index (χ4v) is 3.38. The summed E-state index contributed by atoms with van der Waals surface area (Å²) in [5.41, 5.74) is 1.84. The molecule has 2 aromatic heterocycles. The van der Waals surface area contributed by atoms with Gasteiger partial charge in [-0.05, 0) is 31.2 Å². The average molecular weight is 349 g/mol. The maximum Gasteiger partial charge on any atom is 0.274 e. The lowest BCUT2D eigenvalue weighted by molar-refractivity contribution is 0.102. The summed E-state index contributed by atoms with van der Waals surface area (Å²) >= 11 is 1.50. The number of thiazole rings is 1. The van der Waals surface area contributed by atoms with E-state index in [2.05, 4.69) is 10.3 Å². The first-order valence-corrected chi connectivity index (χ1v) is 8.66. The summed E-state index contributed by atoms with van der Waals surface area (Å²) in [7, 11) is 0. The van der Waals surface area contributed by atoms with Crippen LogP contribution in [0.3, 0.4) is 0 Å². The number of fused-ring (bicyclic) bond motifs is 1. The first-order chi connectivity index (χ1) is 12.2. The number of amides is 1. The minimum atomic E-state index is -0.215. The third-order valence-corrected chi connectivity index (χ3v) is 4.51. The molecule has 1 N–H and O–H groups in total. The van der Waals surface area contributed by atoms with Gasteiger partial charge in [-0.15, -0.1) is 11.3 Å². The van der Waals surface area contributed by atoms with Crippen molar-refractivity contribution in [2.24, 2.45) is 0 Å². The molecule has 0 saturated heterocycles. The van der Waals surface area contributed by atoms with Gasteiger partial charge in [-0.1, -0.05) is 30.3 Å². The van der Waals surface area contributed by atoms with Crippen molar-refractivity contribution in [3.8, 4) is 11.5 Å². The SMILES string of the molecule is Cc1nc2sccn2c1C(=O)Nc1ccccc1Oc1ccccc1. The Hall–Kier alpha value is -3.12. The predicted octanol–water partition coefficient (Wildman–Crippen LogP) is 4.75. The van der Waals surface area contributed by atoms with E-state index < -0.39 is 0 Å². The number of rotatable bonds is 4. The minimum Gasteiger partial charge on any atom is -0.455 e. The molecule has 0 aliphatic heterocycles. The first-order valence-electron chi connectivity index (χ1n) is 7.78. The van der Waals surface area contributed by atoms with Gasteiger partial charge >= 0.3 is 0 Å². The first kappa shape index (κ1) is 15.4. The Kier molecular flexibility index (Phi) is 3.95. The fraction of sp³-hybridized carbons (Fsp3) is 0.0526. The van der Waals surface area contributed by atoms with Crippen LogP contribution in [0.15, 0.2) is 66.2 Å². The number of nitrogens with one attached hydrogen (secondary N) is 1. The van der Waals surface area contributed by atoms with E-state index in [1.807, 2.05) is 73.1 Å². The second-order valence-electron chi connectivity index (χ2n) is 5.47. The third kappa shape index (κ3) is 2.99. The molecular weight excluding hydrogens is 334 g/mol. The Bertz CT molecular complexity index is 1040. The highest BCUT2D eigenvalue weighted by molar-refractivity contribution is 7.15. The Morgan fingerprint density at radius 2 is 1.88 bits per heavy atom. The smallest absolute Gasteiger partial charge is 0.274 e. The normalized spacial score (nSPS) is 10.8. The van der Waals surface area contributed by atoms with Crippen molar-refractivity contribution in [3.63, 3.8) is 0 Å². The van der Waals surface area contributed by atoms with E-state index in [4.69, 9.17) is 4.74 Å². The summed E-state index contributed by atoms with van der Waals surface area (Å²) < 4.78 is 7.70. The Morgan fingerprint density at radius 1 is 1.12 bits per heavy atom. The highest BCUT2D eigenvalue weighted by atomic mass is 32.1. The van der Waals surface area contributed by atoms with E-state index in [0.717, 1.165) is 4.96 Å². The summed E-state index contributed by atoms with van der Waals surface area (Å²) in [6.07, 6.45) is 1.85. The molecule has 124 valence electrons. The fourth-order valence-electron chi connectivity index (χ4n) is 2.62. The lowest BCUT2D eigenvalue weighted by atomic mass is 10.2. The molecule has 4 aromatic rings. The number of carbonyl (C=O) groups is 1. The molecule has 0 atom stereocenters. The molecule has 0 bridgehead atoms. The molecule has 0 aliphatic rings. The van der Waals surface area contributed by atoms with E-state index in [1.54, 1.807) is 4.40 Å². The highest BCUT2D eigenvalue weighted by Gasteiger charge is 2.18. The van der Waals surface area contributed by atoms with Gasteiger partial charge in [-0.2, -0.15) is 0 Å². The molecule has 1 amide bonds. The van der Waals surface area contributed by atoms with Crippen LogP contribution in [-0.2, 0) is 0 Å². The molecule has 0 fully saturated rings. The van der Waals surface area contributed by atoms with Gasteiger partial charge in [0, 0.05) is 11.6 Å². The number of imidazole rings is 1. The van der Waals surface area contributed by atoms with Gasteiger partial charge in [0.2, 0.25) is 0 Å². The van der Waals surface area contributed by atoms with Crippen molar-refractivity contribution in [3.05, 3.63) is 77.6 Å². The number of benzene rings is 2. The number of anilines is 1. The summed E-state index contributed by atoms with van der Waals surface area (Å²) in [5.74, 6) is 1.09. The topological polar surface area (TPSA) is 55.6 Å².